The number of benzene rings is 1. The van der Waals surface area contributed by atoms with Crippen molar-refractivity contribution in [3.63, 3.8) is 0 Å². The number of halogens is 1. The summed E-state index contributed by atoms with van der Waals surface area (Å²) in [4.78, 5) is 0. The summed E-state index contributed by atoms with van der Waals surface area (Å²) in [5.41, 5.74) is 8.10. The molecule has 1 fully saturated rings. The van der Waals surface area contributed by atoms with E-state index < -0.39 is 5.60 Å². The van der Waals surface area contributed by atoms with Gasteiger partial charge in [0.25, 0.3) is 0 Å². The number of nitrogen functional groups attached to an aromatic ring is 1. The summed E-state index contributed by atoms with van der Waals surface area (Å²) in [7, 11) is 0. The number of hydrogen-bond donors (Lipinski definition) is 3. The number of rotatable bonds is 6. The average molecular weight is 321 g/mol. The predicted molar refractivity (Wildman–Crippen MR) is 93.7 cm³/mol. The van der Waals surface area contributed by atoms with Crippen LogP contribution in [0.1, 0.15) is 57.1 Å². The molecule has 3 nitrogen and oxygen atoms in total. The Morgan fingerprint density at radius 1 is 1.36 bits per heavy atom. The molecule has 1 aromatic carbocycles. The Kier molecular flexibility index (Phi) is 5.30. The first-order valence-corrected chi connectivity index (χ1v) is 8.31. The Bertz CT molecular complexity index is 583. The van der Waals surface area contributed by atoms with Gasteiger partial charge in [-0.1, -0.05) is 49.9 Å². The molecule has 0 unspecified atom stereocenters. The van der Waals surface area contributed by atoms with Crippen molar-refractivity contribution in [2.75, 3.05) is 5.73 Å². The highest BCUT2D eigenvalue weighted by Crippen LogP contribution is 2.48. The lowest BCUT2D eigenvalue weighted by Gasteiger charge is -2.41. The van der Waals surface area contributed by atoms with Gasteiger partial charge in [-0.05, 0) is 24.5 Å². The average Bonchev–Trinajstić information content (AvgIpc) is 2.47. The quantitative estimate of drug-likeness (QED) is 0.405. The van der Waals surface area contributed by atoms with Crippen molar-refractivity contribution in [2.45, 2.75) is 51.6 Å². The van der Waals surface area contributed by atoms with E-state index in [9.17, 15) is 5.11 Å². The van der Waals surface area contributed by atoms with Crippen LogP contribution in [0.25, 0.3) is 0 Å². The lowest BCUT2D eigenvalue weighted by molar-refractivity contribution is -0.00175. The monoisotopic (exact) mass is 320 g/mol. The van der Waals surface area contributed by atoms with E-state index >= 15 is 0 Å². The highest BCUT2D eigenvalue weighted by Gasteiger charge is 2.41. The smallest absolute Gasteiger partial charge is 0.0990 e. The number of hydrogen-bond acceptors (Lipinski definition) is 3. The minimum atomic E-state index is -0.938. The highest BCUT2D eigenvalue weighted by molar-refractivity contribution is 6.31. The molecule has 0 spiro atoms. The van der Waals surface area contributed by atoms with Crippen LogP contribution in [0.2, 0.25) is 5.02 Å². The SMILES string of the molecule is CCC(CC)CC=C1CC(O)(c2cc(Cl)cc(C=N)c2N)C1. The van der Waals surface area contributed by atoms with Crippen molar-refractivity contribution in [3.05, 3.63) is 39.9 Å². The Hall–Kier alpha value is -1.32. The van der Waals surface area contributed by atoms with Gasteiger partial charge in [0, 0.05) is 40.9 Å². The third-order valence-electron chi connectivity index (χ3n) is 4.77. The van der Waals surface area contributed by atoms with Gasteiger partial charge < -0.3 is 16.2 Å². The third kappa shape index (κ3) is 3.36. The molecule has 1 saturated carbocycles. The van der Waals surface area contributed by atoms with Crippen LogP contribution in [0.4, 0.5) is 5.69 Å². The first-order valence-electron chi connectivity index (χ1n) is 7.93. The van der Waals surface area contributed by atoms with Crippen molar-refractivity contribution >= 4 is 23.5 Å². The maximum atomic E-state index is 10.8. The molecule has 0 amide bonds. The molecule has 0 bridgehead atoms. The molecule has 22 heavy (non-hydrogen) atoms. The Morgan fingerprint density at radius 2 is 2.00 bits per heavy atom. The lowest BCUT2D eigenvalue weighted by atomic mass is 9.70. The van der Waals surface area contributed by atoms with Crippen molar-refractivity contribution < 1.29 is 5.11 Å². The van der Waals surface area contributed by atoms with E-state index in [1.54, 1.807) is 12.1 Å². The zero-order valence-electron chi connectivity index (χ0n) is 13.3. The normalized spacial score (nSPS) is 20.9. The fraction of sp³-hybridized carbons (Fsp3) is 0.500. The Labute approximate surface area is 137 Å². The highest BCUT2D eigenvalue weighted by atomic mass is 35.5. The summed E-state index contributed by atoms with van der Waals surface area (Å²) >= 11 is 6.08. The van der Waals surface area contributed by atoms with Gasteiger partial charge in [0.15, 0.2) is 0 Å². The van der Waals surface area contributed by atoms with Crippen LogP contribution in [0, 0.1) is 11.3 Å². The molecule has 4 N–H and O–H groups in total. The lowest BCUT2D eigenvalue weighted by Crippen LogP contribution is -2.37. The molecule has 1 aromatic rings. The van der Waals surface area contributed by atoms with Gasteiger partial charge >= 0.3 is 0 Å². The summed E-state index contributed by atoms with van der Waals surface area (Å²) in [5, 5.41) is 18.7. The number of nitrogens with two attached hydrogens (primary N) is 1. The van der Waals surface area contributed by atoms with Gasteiger partial charge in [0.05, 0.1) is 5.60 Å². The molecular formula is C18H25ClN2O. The fourth-order valence-corrected chi connectivity index (χ4v) is 3.36. The molecule has 0 saturated heterocycles. The first-order chi connectivity index (χ1) is 10.4. The molecule has 4 heteroatoms. The topological polar surface area (TPSA) is 70.1 Å². The molecule has 120 valence electrons. The van der Waals surface area contributed by atoms with Crippen LogP contribution in [0.3, 0.4) is 0 Å². The van der Waals surface area contributed by atoms with E-state index in [0.29, 0.717) is 34.7 Å². The van der Waals surface area contributed by atoms with Gasteiger partial charge in [0.1, 0.15) is 0 Å². The van der Waals surface area contributed by atoms with E-state index in [4.69, 9.17) is 22.7 Å². The minimum absolute atomic E-state index is 0.459. The standard InChI is InChI=1S/C18H25ClN2O/c1-3-12(4-2)5-6-13-9-18(22,10-13)16-8-15(19)7-14(11-20)17(16)21/h6-8,11-12,20,22H,3-5,9-10,21H2,1-2H3. The maximum absolute atomic E-state index is 10.8. The van der Waals surface area contributed by atoms with Gasteiger partial charge in [0.2, 0.25) is 0 Å². The van der Waals surface area contributed by atoms with Crippen LogP contribution < -0.4 is 5.73 Å². The van der Waals surface area contributed by atoms with E-state index in [0.717, 1.165) is 12.3 Å². The van der Waals surface area contributed by atoms with Crippen LogP contribution in [-0.2, 0) is 5.60 Å². The van der Waals surface area contributed by atoms with Crippen molar-refractivity contribution in [1.82, 2.24) is 0 Å². The van der Waals surface area contributed by atoms with Gasteiger partial charge in [-0.3, -0.25) is 0 Å². The second-order valence-electron chi connectivity index (χ2n) is 6.27. The van der Waals surface area contributed by atoms with Crippen molar-refractivity contribution in [3.8, 4) is 0 Å². The van der Waals surface area contributed by atoms with E-state index in [1.165, 1.54) is 24.6 Å². The number of aliphatic hydroxyl groups is 1. The molecule has 0 aromatic heterocycles. The zero-order chi connectivity index (χ0) is 16.3. The molecule has 0 aliphatic heterocycles. The van der Waals surface area contributed by atoms with Crippen LogP contribution >= 0.6 is 11.6 Å². The second kappa shape index (κ2) is 6.84. The Balaban J connectivity index is 2.14. The summed E-state index contributed by atoms with van der Waals surface area (Å²) in [6.07, 6.45) is 8.11. The molecular weight excluding hydrogens is 296 g/mol. The maximum Gasteiger partial charge on any atom is 0.0990 e. The van der Waals surface area contributed by atoms with Crippen molar-refractivity contribution in [1.29, 1.82) is 5.41 Å². The number of allylic oxidation sites excluding steroid dienone is 1. The fourth-order valence-electron chi connectivity index (χ4n) is 3.13. The number of anilines is 1. The van der Waals surface area contributed by atoms with Crippen LogP contribution in [0.15, 0.2) is 23.8 Å². The molecule has 2 rings (SSSR count). The van der Waals surface area contributed by atoms with Crippen LogP contribution in [0.5, 0.6) is 0 Å². The largest absolute Gasteiger partial charge is 0.398 e. The summed E-state index contributed by atoms with van der Waals surface area (Å²) in [6, 6.07) is 3.38. The Morgan fingerprint density at radius 3 is 2.55 bits per heavy atom. The van der Waals surface area contributed by atoms with E-state index in [-0.39, 0.29) is 0 Å². The molecule has 0 heterocycles. The van der Waals surface area contributed by atoms with E-state index in [1.807, 2.05) is 0 Å². The minimum Gasteiger partial charge on any atom is -0.398 e. The summed E-state index contributed by atoms with van der Waals surface area (Å²) < 4.78 is 0. The first kappa shape index (κ1) is 17.0. The van der Waals surface area contributed by atoms with Gasteiger partial charge in [-0.2, -0.15) is 0 Å². The number of nitrogens with one attached hydrogen (secondary N) is 1. The molecule has 0 atom stereocenters. The summed E-state index contributed by atoms with van der Waals surface area (Å²) in [5.74, 6) is 0.724. The molecule has 1 aliphatic carbocycles. The van der Waals surface area contributed by atoms with E-state index in [2.05, 4.69) is 19.9 Å². The van der Waals surface area contributed by atoms with Crippen LogP contribution in [-0.4, -0.2) is 11.3 Å². The summed E-state index contributed by atoms with van der Waals surface area (Å²) in [6.45, 7) is 4.44. The molecule has 0 radical (unpaired) electrons. The second-order valence-corrected chi connectivity index (χ2v) is 6.70. The van der Waals surface area contributed by atoms with Gasteiger partial charge in [-0.15, -0.1) is 0 Å². The zero-order valence-corrected chi connectivity index (χ0v) is 14.1. The van der Waals surface area contributed by atoms with Crippen molar-refractivity contribution in [2.24, 2.45) is 5.92 Å². The van der Waals surface area contributed by atoms with Gasteiger partial charge in [-0.25, -0.2) is 0 Å². The predicted octanol–water partition coefficient (Wildman–Crippen LogP) is 4.65. The third-order valence-corrected chi connectivity index (χ3v) is 4.99. The molecule has 1 aliphatic rings.